The van der Waals surface area contributed by atoms with Crippen LogP contribution in [0.3, 0.4) is 0 Å². The summed E-state index contributed by atoms with van der Waals surface area (Å²) < 4.78 is 28.5. The van der Waals surface area contributed by atoms with Crippen molar-refractivity contribution in [1.82, 2.24) is 4.72 Å². The predicted molar refractivity (Wildman–Crippen MR) is 97.9 cm³/mol. The lowest BCUT2D eigenvalue weighted by atomic mass is 9.92. The molecule has 6 heteroatoms. The van der Waals surface area contributed by atoms with Crippen LogP contribution in [0.15, 0.2) is 33.6 Å². The Morgan fingerprint density at radius 1 is 1.13 bits per heavy atom. The summed E-state index contributed by atoms with van der Waals surface area (Å²) in [6.45, 7) is 4.03. The number of halogens is 1. The first-order valence-corrected chi connectivity index (χ1v) is 10.6. The number of sulfonamides is 1. The van der Waals surface area contributed by atoms with Gasteiger partial charge in [0.2, 0.25) is 10.0 Å². The van der Waals surface area contributed by atoms with Crippen molar-refractivity contribution in [3.63, 3.8) is 0 Å². The summed E-state index contributed by atoms with van der Waals surface area (Å²) in [5.74, 6) is 0.155. The molecule has 1 aromatic rings. The van der Waals surface area contributed by atoms with Crippen molar-refractivity contribution in [1.29, 1.82) is 0 Å². The number of hydrogen-bond donors (Lipinski definition) is 2. The highest BCUT2D eigenvalue weighted by molar-refractivity contribution is 9.10. The normalized spacial score (nSPS) is 14.6. The lowest BCUT2D eigenvalue weighted by Gasteiger charge is -2.25. The average molecular weight is 406 g/mol. The maximum atomic E-state index is 12.5. The summed E-state index contributed by atoms with van der Waals surface area (Å²) in [5.41, 5.74) is 0. The molecule has 2 atom stereocenters. The van der Waals surface area contributed by atoms with E-state index in [2.05, 4.69) is 27.6 Å². The van der Waals surface area contributed by atoms with Crippen molar-refractivity contribution in [3.8, 4) is 0 Å². The Kier molecular flexibility index (Phi) is 9.36. The fourth-order valence-corrected chi connectivity index (χ4v) is 4.25. The Balaban J connectivity index is 2.73. The van der Waals surface area contributed by atoms with Gasteiger partial charge in [0, 0.05) is 10.5 Å². The molecule has 23 heavy (non-hydrogen) atoms. The van der Waals surface area contributed by atoms with E-state index in [1.54, 1.807) is 24.3 Å². The highest BCUT2D eigenvalue weighted by atomic mass is 79.9. The second-order valence-corrected chi connectivity index (χ2v) is 8.51. The van der Waals surface area contributed by atoms with Gasteiger partial charge in [-0.05, 0) is 36.6 Å². The highest BCUT2D eigenvalue weighted by Gasteiger charge is 2.25. The largest absolute Gasteiger partial charge is 0.395 e. The standard InChI is InChI=1S/C17H28BrNO3S/c1-3-5-6-7-8-14(4-2)17(13-20)19-23(21,22)16-11-9-15(18)10-12-16/h9-12,14,17,19-20H,3-8,13H2,1-2H3. The van der Waals surface area contributed by atoms with E-state index in [9.17, 15) is 13.5 Å². The Labute approximate surface area is 148 Å². The monoisotopic (exact) mass is 405 g/mol. The van der Waals surface area contributed by atoms with Crippen molar-refractivity contribution in [2.75, 3.05) is 6.61 Å². The molecule has 0 heterocycles. The molecule has 0 aliphatic heterocycles. The fourth-order valence-electron chi connectivity index (χ4n) is 2.69. The topological polar surface area (TPSA) is 66.4 Å². The highest BCUT2D eigenvalue weighted by Crippen LogP contribution is 2.21. The van der Waals surface area contributed by atoms with Crippen LogP contribution < -0.4 is 4.72 Å². The smallest absolute Gasteiger partial charge is 0.240 e. The van der Waals surface area contributed by atoms with Gasteiger partial charge < -0.3 is 5.11 Å². The average Bonchev–Trinajstić information content (AvgIpc) is 2.53. The quantitative estimate of drug-likeness (QED) is 0.544. The van der Waals surface area contributed by atoms with E-state index in [-0.39, 0.29) is 17.4 Å². The molecule has 1 rings (SSSR count). The zero-order valence-corrected chi connectivity index (χ0v) is 16.4. The van der Waals surface area contributed by atoms with Gasteiger partial charge in [0.25, 0.3) is 0 Å². The minimum Gasteiger partial charge on any atom is -0.395 e. The Morgan fingerprint density at radius 3 is 2.30 bits per heavy atom. The molecule has 2 N–H and O–H groups in total. The van der Waals surface area contributed by atoms with Crippen LogP contribution in [-0.4, -0.2) is 26.2 Å². The van der Waals surface area contributed by atoms with Crippen LogP contribution in [0.2, 0.25) is 0 Å². The van der Waals surface area contributed by atoms with Crippen molar-refractivity contribution < 1.29 is 13.5 Å². The second kappa shape index (κ2) is 10.4. The number of hydrogen-bond acceptors (Lipinski definition) is 3. The van der Waals surface area contributed by atoms with E-state index in [0.717, 1.165) is 30.2 Å². The van der Waals surface area contributed by atoms with Gasteiger partial charge in [0.1, 0.15) is 0 Å². The summed E-state index contributed by atoms with van der Waals surface area (Å²) in [6, 6.07) is 6.08. The number of nitrogens with one attached hydrogen (secondary N) is 1. The maximum absolute atomic E-state index is 12.5. The van der Waals surface area contributed by atoms with Crippen molar-refractivity contribution in [2.24, 2.45) is 5.92 Å². The molecule has 0 saturated carbocycles. The molecule has 1 aromatic carbocycles. The molecule has 0 radical (unpaired) electrons. The molecule has 0 saturated heterocycles. The number of benzene rings is 1. The van der Waals surface area contributed by atoms with Gasteiger partial charge in [-0.3, -0.25) is 0 Å². The molecule has 4 nitrogen and oxygen atoms in total. The summed E-state index contributed by atoms with van der Waals surface area (Å²) in [4.78, 5) is 0.222. The zero-order valence-electron chi connectivity index (χ0n) is 14.0. The molecule has 0 amide bonds. The Hall–Kier alpha value is -0.430. The van der Waals surface area contributed by atoms with Gasteiger partial charge in [0.15, 0.2) is 0 Å². The van der Waals surface area contributed by atoms with Crippen LogP contribution in [0.4, 0.5) is 0 Å². The van der Waals surface area contributed by atoms with E-state index in [0.29, 0.717) is 0 Å². The maximum Gasteiger partial charge on any atom is 0.240 e. The van der Waals surface area contributed by atoms with E-state index in [1.807, 2.05) is 6.92 Å². The zero-order chi connectivity index (χ0) is 17.3. The summed E-state index contributed by atoms with van der Waals surface area (Å²) in [7, 11) is -3.61. The first-order chi connectivity index (χ1) is 10.9. The Morgan fingerprint density at radius 2 is 1.78 bits per heavy atom. The fraction of sp³-hybridized carbons (Fsp3) is 0.647. The van der Waals surface area contributed by atoms with Gasteiger partial charge in [0.05, 0.1) is 11.5 Å². The van der Waals surface area contributed by atoms with Crippen molar-refractivity contribution >= 4 is 26.0 Å². The minimum absolute atomic E-state index is 0.155. The second-order valence-electron chi connectivity index (χ2n) is 5.88. The van der Waals surface area contributed by atoms with Gasteiger partial charge in [-0.1, -0.05) is 61.9 Å². The molecule has 0 spiro atoms. The third-order valence-electron chi connectivity index (χ3n) is 4.15. The molecular weight excluding hydrogens is 378 g/mol. The molecule has 0 aromatic heterocycles. The number of rotatable bonds is 11. The third-order valence-corrected chi connectivity index (χ3v) is 6.18. The van der Waals surface area contributed by atoms with Crippen LogP contribution in [0.25, 0.3) is 0 Å². The van der Waals surface area contributed by atoms with Crippen LogP contribution in [0, 0.1) is 5.92 Å². The van der Waals surface area contributed by atoms with Crippen molar-refractivity contribution in [3.05, 3.63) is 28.7 Å². The van der Waals surface area contributed by atoms with Crippen LogP contribution in [0.5, 0.6) is 0 Å². The van der Waals surface area contributed by atoms with Crippen LogP contribution in [0.1, 0.15) is 52.4 Å². The number of aliphatic hydroxyl groups is 1. The van der Waals surface area contributed by atoms with Gasteiger partial charge in [-0.25, -0.2) is 13.1 Å². The SMILES string of the molecule is CCCCCCC(CC)C(CO)NS(=O)(=O)c1ccc(Br)cc1. The molecule has 0 aliphatic rings. The third kappa shape index (κ3) is 6.91. The van der Waals surface area contributed by atoms with E-state index >= 15 is 0 Å². The van der Waals surface area contributed by atoms with Crippen LogP contribution in [-0.2, 0) is 10.0 Å². The Bertz CT molecular complexity index is 545. The van der Waals surface area contributed by atoms with Gasteiger partial charge in [-0.2, -0.15) is 0 Å². The van der Waals surface area contributed by atoms with E-state index in [4.69, 9.17) is 0 Å². The molecule has 2 unspecified atom stereocenters. The first-order valence-electron chi connectivity index (χ1n) is 8.33. The predicted octanol–water partition coefficient (Wildman–Crippen LogP) is 4.08. The van der Waals surface area contributed by atoms with E-state index < -0.39 is 16.1 Å². The number of aliphatic hydroxyl groups excluding tert-OH is 1. The van der Waals surface area contributed by atoms with Gasteiger partial charge in [-0.15, -0.1) is 0 Å². The lowest BCUT2D eigenvalue weighted by molar-refractivity contribution is 0.203. The number of unbranched alkanes of at least 4 members (excludes halogenated alkanes) is 3. The van der Waals surface area contributed by atoms with Crippen molar-refractivity contribution in [2.45, 2.75) is 63.3 Å². The molecule has 0 aliphatic carbocycles. The van der Waals surface area contributed by atoms with Crippen LogP contribution >= 0.6 is 15.9 Å². The molecule has 0 fully saturated rings. The summed E-state index contributed by atoms with van der Waals surface area (Å²) in [6.07, 6.45) is 6.39. The molecule has 0 bridgehead atoms. The first kappa shape index (κ1) is 20.6. The van der Waals surface area contributed by atoms with Gasteiger partial charge >= 0.3 is 0 Å². The van der Waals surface area contributed by atoms with E-state index in [1.165, 1.54) is 12.8 Å². The summed E-state index contributed by atoms with van der Waals surface area (Å²) >= 11 is 3.30. The lowest BCUT2D eigenvalue weighted by Crippen LogP contribution is -2.42. The molecular formula is C17H28BrNO3S. The molecule has 132 valence electrons. The summed E-state index contributed by atoms with van der Waals surface area (Å²) in [5, 5.41) is 9.65. The minimum atomic E-state index is -3.61.